The maximum absolute atomic E-state index is 12.3. The molecule has 4 aromatic rings. The zero-order valence-corrected chi connectivity index (χ0v) is 20.7. The van der Waals surface area contributed by atoms with Crippen molar-refractivity contribution in [2.45, 2.75) is 10.1 Å². The van der Waals surface area contributed by atoms with Gasteiger partial charge >= 0.3 is 0 Å². The van der Waals surface area contributed by atoms with Gasteiger partial charge in [-0.25, -0.2) is 10.4 Å². The van der Waals surface area contributed by atoms with Crippen molar-refractivity contribution in [1.29, 1.82) is 0 Å². The average Bonchev–Trinajstić information content (AvgIpc) is 3.19. The van der Waals surface area contributed by atoms with Crippen LogP contribution in [0.2, 0.25) is 0 Å². The number of halogens is 2. The van der Waals surface area contributed by atoms with Gasteiger partial charge < -0.3 is 5.11 Å². The van der Waals surface area contributed by atoms with E-state index in [-0.39, 0.29) is 11.7 Å². The predicted octanol–water partition coefficient (Wildman–Crippen LogP) is 6.58. The van der Waals surface area contributed by atoms with Gasteiger partial charge in [0.2, 0.25) is 0 Å². The molecule has 9 heteroatoms. The van der Waals surface area contributed by atoms with E-state index >= 15 is 0 Å². The first-order chi connectivity index (χ1) is 15.0. The van der Waals surface area contributed by atoms with Crippen molar-refractivity contribution in [1.82, 2.24) is 10.4 Å². The van der Waals surface area contributed by atoms with Crippen LogP contribution in [0.15, 0.2) is 79.1 Å². The fraction of sp³-hybridized carbons (Fsp3) is 0.0455. The largest absolute Gasteiger partial charge is 0.506 e. The standard InChI is InChI=1S/C22H15Br2N3O2S2/c23-16-9-15(20(28)17(24)10-16)11-25-27-21(29)14-7-5-13(6-8-14)12-30-22-26-18-3-1-2-4-19(18)31-22/h1-11,28H,12H2,(H,27,29). The maximum atomic E-state index is 12.3. The Kier molecular flexibility index (Phi) is 7.06. The molecule has 0 aliphatic carbocycles. The summed E-state index contributed by atoms with van der Waals surface area (Å²) in [5, 5.41) is 14.0. The summed E-state index contributed by atoms with van der Waals surface area (Å²) in [5.41, 5.74) is 5.59. The molecular formula is C22H15Br2N3O2S2. The average molecular weight is 577 g/mol. The van der Waals surface area contributed by atoms with E-state index in [2.05, 4.69) is 53.4 Å². The number of aromatic nitrogens is 1. The van der Waals surface area contributed by atoms with Gasteiger partial charge in [-0.05, 0) is 57.9 Å². The SMILES string of the molecule is O=C(NN=Cc1cc(Br)cc(Br)c1O)c1ccc(CSc2nc3ccccc3s2)cc1. The van der Waals surface area contributed by atoms with Crippen molar-refractivity contribution >= 4 is 77.3 Å². The zero-order chi connectivity index (χ0) is 21.8. The summed E-state index contributed by atoms with van der Waals surface area (Å²) in [6, 6.07) is 18.9. The van der Waals surface area contributed by atoms with Crippen LogP contribution in [-0.2, 0) is 5.75 Å². The fourth-order valence-electron chi connectivity index (χ4n) is 2.72. The second-order valence-electron chi connectivity index (χ2n) is 6.46. The second kappa shape index (κ2) is 9.95. The van der Waals surface area contributed by atoms with Gasteiger partial charge in [0, 0.05) is 21.4 Å². The lowest BCUT2D eigenvalue weighted by Crippen LogP contribution is -2.17. The maximum Gasteiger partial charge on any atom is 0.271 e. The molecule has 4 rings (SSSR count). The monoisotopic (exact) mass is 575 g/mol. The minimum absolute atomic E-state index is 0.0520. The molecular weight excluding hydrogens is 562 g/mol. The van der Waals surface area contributed by atoms with Crippen molar-refractivity contribution in [3.8, 4) is 5.75 Å². The van der Waals surface area contributed by atoms with E-state index < -0.39 is 0 Å². The number of phenols is 1. The Morgan fingerprint density at radius 1 is 1.16 bits per heavy atom. The molecule has 0 spiro atoms. The lowest BCUT2D eigenvalue weighted by molar-refractivity contribution is 0.0955. The third-order valence-corrected chi connectivity index (χ3v) is 7.59. The highest BCUT2D eigenvalue weighted by atomic mass is 79.9. The molecule has 2 N–H and O–H groups in total. The number of thioether (sulfide) groups is 1. The summed E-state index contributed by atoms with van der Waals surface area (Å²) in [4.78, 5) is 17.0. The van der Waals surface area contributed by atoms with Gasteiger partial charge in [0.05, 0.1) is 20.9 Å². The smallest absolute Gasteiger partial charge is 0.271 e. The Morgan fingerprint density at radius 2 is 1.94 bits per heavy atom. The topological polar surface area (TPSA) is 74.6 Å². The number of rotatable bonds is 6. The number of hydrogen-bond donors (Lipinski definition) is 2. The normalized spacial score (nSPS) is 11.3. The van der Waals surface area contributed by atoms with E-state index in [1.165, 1.54) is 10.9 Å². The van der Waals surface area contributed by atoms with E-state index in [1.54, 1.807) is 47.4 Å². The summed E-state index contributed by atoms with van der Waals surface area (Å²) in [6.07, 6.45) is 1.39. The van der Waals surface area contributed by atoms with Crippen LogP contribution in [-0.4, -0.2) is 22.2 Å². The molecule has 0 radical (unpaired) electrons. The highest BCUT2D eigenvalue weighted by Crippen LogP contribution is 2.32. The van der Waals surface area contributed by atoms with Gasteiger partial charge in [-0.2, -0.15) is 5.10 Å². The Bertz CT molecular complexity index is 1240. The molecule has 5 nitrogen and oxygen atoms in total. The van der Waals surface area contributed by atoms with Gasteiger partial charge in [-0.1, -0.05) is 52.0 Å². The number of nitrogens with one attached hydrogen (secondary N) is 1. The van der Waals surface area contributed by atoms with Crippen molar-refractivity contribution in [2.75, 3.05) is 0 Å². The fourth-order valence-corrected chi connectivity index (χ4v) is 6.00. The molecule has 0 saturated heterocycles. The number of phenolic OH excluding ortho intramolecular Hbond substituents is 1. The van der Waals surface area contributed by atoms with Crippen molar-refractivity contribution in [2.24, 2.45) is 5.10 Å². The van der Waals surface area contributed by atoms with E-state index in [9.17, 15) is 9.90 Å². The highest BCUT2D eigenvalue weighted by molar-refractivity contribution is 9.11. The number of aromatic hydroxyl groups is 1. The van der Waals surface area contributed by atoms with Crippen molar-refractivity contribution < 1.29 is 9.90 Å². The van der Waals surface area contributed by atoms with Crippen molar-refractivity contribution in [3.63, 3.8) is 0 Å². The second-order valence-corrected chi connectivity index (χ2v) is 10.5. The van der Waals surface area contributed by atoms with E-state index in [0.717, 1.165) is 25.6 Å². The van der Waals surface area contributed by atoms with Crippen molar-refractivity contribution in [3.05, 3.63) is 86.3 Å². The molecule has 0 atom stereocenters. The van der Waals surface area contributed by atoms with E-state index in [1.807, 2.05) is 30.3 Å². The van der Waals surface area contributed by atoms with E-state index in [4.69, 9.17) is 0 Å². The molecule has 0 saturated carbocycles. The molecule has 3 aromatic carbocycles. The number of amides is 1. The Morgan fingerprint density at radius 3 is 2.71 bits per heavy atom. The minimum atomic E-state index is -0.324. The Hall–Kier alpha value is -2.20. The number of para-hydroxylation sites is 1. The number of fused-ring (bicyclic) bond motifs is 1. The van der Waals surface area contributed by atoms with Crippen LogP contribution < -0.4 is 5.43 Å². The molecule has 0 bridgehead atoms. The number of thiazole rings is 1. The number of hydrazone groups is 1. The van der Waals surface area contributed by atoms with E-state index in [0.29, 0.717) is 15.6 Å². The van der Waals surface area contributed by atoms with Gasteiger partial charge in [0.1, 0.15) is 5.75 Å². The third kappa shape index (κ3) is 5.54. The molecule has 0 aliphatic rings. The molecule has 0 unspecified atom stereocenters. The van der Waals surface area contributed by atoms with Crippen LogP contribution >= 0.6 is 55.0 Å². The van der Waals surface area contributed by atoms with Crippen LogP contribution in [0.25, 0.3) is 10.2 Å². The first-order valence-electron chi connectivity index (χ1n) is 9.08. The van der Waals surface area contributed by atoms with Gasteiger partial charge in [0.15, 0.2) is 4.34 Å². The Labute approximate surface area is 203 Å². The van der Waals surface area contributed by atoms with Gasteiger partial charge in [-0.15, -0.1) is 11.3 Å². The molecule has 0 fully saturated rings. The first kappa shape index (κ1) is 22.0. The number of benzene rings is 3. The van der Waals surface area contributed by atoms with Crippen LogP contribution in [0.5, 0.6) is 5.75 Å². The van der Waals surface area contributed by atoms with Crippen LogP contribution in [0, 0.1) is 0 Å². The lowest BCUT2D eigenvalue weighted by Gasteiger charge is -2.04. The van der Waals surface area contributed by atoms with Crippen LogP contribution in [0.4, 0.5) is 0 Å². The lowest BCUT2D eigenvalue weighted by atomic mass is 10.1. The molecule has 1 heterocycles. The van der Waals surface area contributed by atoms with Gasteiger partial charge in [-0.3, -0.25) is 4.79 Å². The summed E-state index contributed by atoms with van der Waals surface area (Å²) >= 11 is 9.98. The number of carbonyl (C=O) groups excluding carboxylic acids is 1. The van der Waals surface area contributed by atoms with Crippen LogP contribution in [0.1, 0.15) is 21.5 Å². The molecule has 1 amide bonds. The zero-order valence-electron chi connectivity index (χ0n) is 15.9. The first-order valence-corrected chi connectivity index (χ1v) is 12.5. The van der Waals surface area contributed by atoms with Crippen LogP contribution in [0.3, 0.4) is 0 Å². The summed E-state index contributed by atoms with van der Waals surface area (Å²) in [5.74, 6) is 0.503. The number of carbonyl (C=O) groups is 1. The number of nitrogens with zero attached hydrogens (tertiary/aromatic N) is 2. The Balaban J connectivity index is 1.34. The quantitative estimate of drug-likeness (QED) is 0.154. The summed E-state index contributed by atoms with van der Waals surface area (Å²) in [6.45, 7) is 0. The molecule has 1 aromatic heterocycles. The predicted molar refractivity (Wildman–Crippen MR) is 134 cm³/mol. The van der Waals surface area contributed by atoms with Gasteiger partial charge in [0.25, 0.3) is 5.91 Å². The minimum Gasteiger partial charge on any atom is -0.506 e. The molecule has 0 aliphatic heterocycles. The summed E-state index contributed by atoms with van der Waals surface area (Å²) in [7, 11) is 0. The highest BCUT2D eigenvalue weighted by Gasteiger charge is 2.08. The summed E-state index contributed by atoms with van der Waals surface area (Å²) < 4.78 is 3.53. The third-order valence-electron chi connectivity index (χ3n) is 4.28. The molecule has 31 heavy (non-hydrogen) atoms. The number of hydrogen-bond acceptors (Lipinski definition) is 6. The molecule has 156 valence electrons.